The van der Waals surface area contributed by atoms with Crippen molar-refractivity contribution < 1.29 is 8.42 Å². The Bertz CT molecular complexity index is 588. The fourth-order valence-electron chi connectivity index (χ4n) is 1.53. The minimum atomic E-state index is -3.42. The zero-order valence-electron chi connectivity index (χ0n) is 9.50. The molecule has 2 rings (SSSR count). The Morgan fingerprint density at radius 2 is 1.82 bits per heavy atom. The number of aromatic nitrogens is 1. The van der Waals surface area contributed by atoms with E-state index in [0.29, 0.717) is 6.54 Å². The van der Waals surface area contributed by atoms with Crippen molar-refractivity contribution in [2.75, 3.05) is 0 Å². The second-order valence-corrected chi connectivity index (χ2v) is 5.51. The third kappa shape index (κ3) is 2.75. The lowest BCUT2D eigenvalue weighted by molar-refractivity contribution is 0.579. The summed E-state index contributed by atoms with van der Waals surface area (Å²) in [6.07, 6.45) is 1.88. The first-order valence-electron chi connectivity index (χ1n) is 5.24. The van der Waals surface area contributed by atoms with Crippen LogP contribution in [0.3, 0.4) is 0 Å². The first-order valence-corrected chi connectivity index (χ1v) is 6.73. The smallest absolute Gasteiger partial charge is 0.240 e. The maximum absolute atomic E-state index is 11.9. The van der Waals surface area contributed by atoms with Crippen LogP contribution in [0.5, 0.6) is 0 Å². The number of sulfonamides is 1. The van der Waals surface area contributed by atoms with E-state index in [1.165, 1.54) is 0 Å². The maximum atomic E-state index is 11.9. The summed E-state index contributed by atoms with van der Waals surface area (Å²) in [5.41, 5.74) is 0.921. The lowest BCUT2D eigenvalue weighted by Gasteiger charge is -2.07. The minimum Gasteiger partial charge on any atom is -0.353 e. The molecule has 17 heavy (non-hydrogen) atoms. The molecule has 0 fully saturated rings. The Hall–Kier alpha value is -1.59. The van der Waals surface area contributed by atoms with Gasteiger partial charge in [-0.3, -0.25) is 0 Å². The van der Waals surface area contributed by atoms with Crippen LogP contribution in [-0.2, 0) is 23.6 Å². The van der Waals surface area contributed by atoms with E-state index in [2.05, 4.69) is 4.72 Å². The third-order valence-electron chi connectivity index (χ3n) is 2.55. The molecule has 0 spiro atoms. The van der Waals surface area contributed by atoms with Crippen LogP contribution in [-0.4, -0.2) is 13.0 Å². The first-order chi connectivity index (χ1) is 8.09. The van der Waals surface area contributed by atoms with Crippen molar-refractivity contribution in [1.29, 1.82) is 0 Å². The van der Waals surface area contributed by atoms with Gasteiger partial charge in [-0.2, -0.15) is 0 Å². The van der Waals surface area contributed by atoms with Crippen molar-refractivity contribution in [2.24, 2.45) is 7.05 Å². The summed E-state index contributed by atoms with van der Waals surface area (Å²) in [5.74, 6) is 0. The quantitative estimate of drug-likeness (QED) is 0.894. The van der Waals surface area contributed by atoms with Crippen molar-refractivity contribution in [3.63, 3.8) is 0 Å². The molecule has 0 unspecified atom stereocenters. The molecule has 0 atom stereocenters. The van der Waals surface area contributed by atoms with Crippen LogP contribution in [0.25, 0.3) is 0 Å². The SMILES string of the molecule is Cn1cccc1CNS(=O)(=O)c1ccccc1. The topological polar surface area (TPSA) is 51.1 Å². The predicted octanol–water partition coefficient (Wildman–Crippen LogP) is 1.50. The van der Waals surface area contributed by atoms with Gasteiger partial charge in [-0.05, 0) is 24.3 Å². The predicted molar refractivity (Wildman–Crippen MR) is 65.9 cm³/mol. The Balaban J connectivity index is 2.12. The Labute approximate surface area is 101 Å². The van der Waals surface area contributed by atoms with Gasteiger partial charge in [-0.1, -0.05) is 18.2 Å². The molecule has 0 saturated carbocycles. The number of hydrogen-bond donors (Lipinski definition) is 1. The van der Waals surface area contributed by atoms with E-state index in [4.69, 9.17) is 0 Å². The average molecular weight is 250 g/mol. The molecule has 5 heteroatoms. The highest BCUT2D eigenvalue weighted by Crippen LogP contribution is 2.08. The molecule has 0 amide bonds. The molecule has 0 aliphatic rings. The number of benzene rings is 1. The zero-order chi connectivity index (χ0) is 12.3. The molecule has 0 radical (unpaired) electrons. The van der Waals surface area contributed by atoms with E-state index >= 15 is 0 Å². The van der Waals surface area contributed by atoms with Gasteiger partial charge < -0.3 is 4.57 Å². The Morgan fingerprint density at radius 3 is 2.41 bits per heavy atom. The summed E-state index contributed by atoms with van der Waals surface area (Å²) in [4.78, 5) is 0.286. The minimum absolute atomic E-state index is 0.286. The Kier molecular flexibility index (Phi) is 3.31. The van der Waals surface area contributed by atoms with Crippen LogP contribution in [0.1, 0.15) is 5.69 Å². The van der Waals surface area contributed by atoms with Gasteiger partial charge in [-0.15, -0.1) is 0 Å². The summed E-state index contributed by atoms with van der Waals surface area (Å²) in [5, 5.41) is 0. The maximum Gasteiger partial charge on any atom is 0.240 e. The number of nitrogens with zero attached hydrogens (tertiary/aromatic N) is 1. The van der Waals surface area contributed by atoms with Crippen molar-refractivity contribution in [1.82, 2.24) is 9.29 Å². The van der Waals surface area contributed by atoms with Gasteiger partial charge in [0, 0.05) is 18.9 Å². The van der Waals surface area contributed by atoms with Crippen LogP contribution in [0.4, 0.5) is 0 Å². The molecular weight excluding hydrogens is 236 g/mol. The van der Waals surface area contributed by atoms with Crippen molar-refractivity contribution in [2.45, 2.75) is 11.4 Å². The normalized spacial score (nSPS) is 11.6. The van der Waals surface area contributed by atoms with Crippen LogP contribution in [0.15, 0.2) is 53.6 Å². The second-order valence-electron chi connectivity index (χ2n) is 3.75. The molecule has 0 aliphatic carbocycles. The summed E-state index contributed by atoms with van der Waals surface area (Å²) < 4.78 is 28.3. The fourth-order valence-corrected chi connectivity index (χ4v) is 2.55. The summed E-state index contributed by atoms with van der Waals surface area (Å²) in [7, 11) is -1.54. The monoisotopic (exact) mass is 250 g/mol. The molecule has 1 aromatic heterocycles. The van der Waals surface area contributed by atoms with E-state index in [0.717, 1.165) is 5.69 Å². The molecule has 4 nitrogen and oxygen atoms in total. The third-order valence-corrected chi connectivity index (χ3v) is 3.97. The molecule has 1 aromatic carbocycles. The second kappa shape index (κ2) is 4.73. The van der Waals surface area contributed by atoms with Crippen LogP contribution in [0.2, 0.25) is 0 Å². The highest BCUT2D eigenvalue weighted by atomic mass is 32.2. The lowest BCUT2D eigenvalue weighted by Crippen LogP contribution is -2.24. The molecule has 0 bridgehead atoms. The fraction of sp³-hybridized carbons (Fsp3) is 0.167. The average Bonchev–Trinajstić information content (AvgIpc) is 2.74. The molecule has 0 saturated heterocycles. The van der Waals surface area contributed by atoms with Gasteiger partial charge in [-0.25, -0.2) is 13.1 Å². The molecule has 90 valence electrons. The first kappa shape index (κ1) is 11.9. The summed E-state index contributed by atoms with van der Waals surface area (Å²) in [6.45, 7) is 0.292. The number of rotatable bonds is 4. The van der Waals surface area contributed by atoms with Crippen LogP contribution >= 0.6 is 0 Å². The van der Waals surface area contributed by atoms with Gasteiger partial charge in [0.05, 0.1) is 11.4 Å². The van der Waals surface area contributed by atoms with Gasteiger partial charge in [0.15, 0.2) is 0 Å². The molecule has 1 heterocycles. The van der Waals surface area contributed by atoms with Gasteiger partial charge in [0.25, 0.3) is 0 Å². The molecule has 1 N–H and O–H groups in total. The highest BCUT2D eigenvalue weighted by molar-refractivity contribution is 7.89. The van der Waals surface area contributed by atoms with Crippen molar-refractivity contribution in [3.05, 3.63) is 54.4 Å². The molecule has 2 aromatic rings. The standard InChI is InChI=1S/C12H14N2O2S/c1-14-9-5-6-11(14)10-13-17(15,16)12-7-3-2-4-8-12/h2-9,13H,10H2,1H3. The largest absolute Gasteiger partial charge is 0.353 e. The van der Waals surface area contributed by atoms with E-state index < -0.39 is 10.0 Å². The van der Waals surface area contributed by atoms with Gasteiger partial charge in [0.2, 0.25) is 10.0 Å². The van der Waals surface area contributed by atoms with Crippen LogP contribution < -0.4 is 4.72 Å². The van der Waals surface area contributed by atoms with E-state index in [1.807, 2.05) is 29.9 Å². The summed E-state index contributed by atoms with van der Waals surface area (Å²) >= 11 is 0. The van der Waals surface area contributed by atoms with E-state index in [-0.39, 0.29) is 4.90 Å². The van der Waals surface area contributed by atoms with E-state index in [9.17, 15) is 8.42 Å². The van der Waals surface area contributed by atoms with E-state index in [1.54, 1.807) is 30.3 Å². The highest BCUT2D eigenvalue weighted by Gasteiger charge is 2.13. The number of aryl methyl sites for hydroxylation is 1. The number of nitrogens with one attached hydrogen (secondary N) is 1. The number of hydrogen-bond acceptors (Lipinski definition) is 2. The molecular formula is C12H14N2O2S. The van der Waals surface area contributed by atoms with Crippen molar-refractivity contribution in [3.8, 4) is 0 Å². The Morgan fingerprint density at radius 1 is 1.12 bits per heavy atom. The molecule has 0 aliphatic heterocycles. The van der Waals surface area contributed by atoms with Crippen molar-refractivity contribution >= 4 is 10.0 Å². The van der Waals surface area contributed by atoms with Gasteiger partial charge in [0.1, 0.15) is 0 Å². The van der Waals surface area contributed by atoms with Crippen LogP contribution in [0, 0.1) is 0 Å². The zero-order valence-corrected chi connectivity index (χ0v) is 10.3. The lowest BCUT2D eigenvalue weighted by atomic mass is 10.4. The summed E-state index contributed by atoms with van der Waals surface area (Å²) in [6, 6.07) is 12.1. The van der Waals surface area contributed by atoms with Gasteiger partial charge >= 0.3 is 0 Å².